The van der Waals surface area contributed by atoms with Crippen LogP contribution in [0.25, 0.3) is 22.3 Å². The molecule has 4 aromatic rings. The lowest BCUT2D eigenvalue weighted by molar-refractivity contribution is 0.473. The predicted molar refractivity (Wildman–Crippen MR) is 133 cm³/mol. The van der Waals surface area contributed by atoms with Crippen LogP contribution in [0.5, 0.6) is 0 Å². The third kappa shape index (κ3) is 4.36. The van der Waals surface area contributed by atoms with Gasteiger partial charge < -0.3 is 15.2 Å². The molecule has 0 radical (unpaired) electrons. The Bertz CT molecular complexity index is 1390. The quantitative estimate of drug-likeness (QED) is 0.376. The molecule has 182 valence electrons. The number of anilines is 2. The summed E-state index contributed by atoms with van der Waals surface area (Å²) in [6, 6.07) is 7.44. The van der Waals surface area contributed by atoms with Crippen molar-refractivity contribution in [1.29, 1.82) is 0 Å². The Balaban J connectivity index is 1.53. The van der Waals surface area contributed by atoms with Crippen LogP contribution in [0.4, 0.5) is 20.5 Å². The Morgan fingerprint density at radius 3 is 2.69 bits per heavy atom. The highest BCUT2D eigenvalue weighted by molar-refractivity contribution is 5.83. The summed E-state index contributed by atoms with van der Waals surface area (Å²) in [6.07, 6.45) is 3.68. The molecular weight excluding hydrogens is 448 g/mol. The second-order valence-electron chi connectivity index (χ2n) is 9.13. The minimum Gasteiger partial charge on any atom is -0.325 e. The number of nitrogens with one attached hydrogen (secondary N) is 2. The standard InChI is InChI=1S/C26H29F2N7/c1-5-18(6-2)35-15(4)31-25-19(27)10-17(11-22(25)35)24-20(28)13-30-26(34-24)33-23-8-7-16-12-29-14(3)9-21(16)32-23/h7-8,10-11,13-14,18,29H,5-6,9,12H2,1-4H3,(H,30,32,33,34)/t14-/m1/s1. The average Bonchev–Trinajstić information content (AvgIpc) is 3.17. The second kappa shape index (κ2) is 9.30. The van der Waals surface area contributed by atoms with Crippen molar-refractivity contribution in [2.75, 3.05) is 5.32 Å². The maximum atomic E-state index is 15.1. The summed E-state index contributed by atoms with van der Waals surface area (Å²) in [5, 5.41) is 6.49. The maximum absolute atomic E-state index is 15.1. The largest absolute Gasteiger partial charge is 0.325 e. The third-order valence-electron chi connectivity index (χ3n) is 6.70. The first-order valence-electron chi connectivity index (χ1n) is 12.1. The van der Waals surface area contributed by atoms with Crippen LogP contribution >= 0.6 is 0 Å². The number of nitrogens with zero attached hydrogens (tertiary/aromatic N) is 5. The number of benzene rings is 1. The van der Waals surface area contributed by atoms with Crippen LogP contribution in [0.3, 0.4) is 0 Å². The molecule has 35 heavy (non-hydrogen) atoms. The first-order chi connectivity index (χ1) is 16.9. The molecule has 0 saturated heterocycles. The predicted octanol–water partition coefficient (Wildman–Crippen LogP) is 5.61. The van der Waals surface area contributed by atoms with Crippen LogP contribution in [0.1, 0.15) is 56.7 Å². The van der Waals surface area contributed by atoms with E-state index in [1.807, 2.05) is 23.6 Å². The Labute approximate surface area is 203 Å². The minimum absolute atomic E-state index is 0.0223. The van der Waals surface area contributed by atoms with Crippen molar-refractivity contribution in [3.8, 4) is 11.3 Å². The first kappa shape index (κ1) is 23.3. The molecule has 1 aromatic carbocycles. The van der Waals surface area contributed by atoms with Gasteiger partial charge >= 0.3 is 0 Å². The van der Waals surface area contributed by atoms with Gasteiger partial charge in [-0.05, 0) is 50.5 Å². The van der Waals surface area contributed by atoms with Gasteiger partial charge in [0, 0.05) is 36.3 Å². The van der Waals surface area contributed by atoms with Crippen LogP contribution in [-0.2, 0) is 13.0 Å². The molecule has 1 aliphatic heterocycles. The summed E-state index contributed by atoms with van der Waals surface area (Å²) >= 11 is 0. The van der Waals surface area contributed by atoms with Gasteiger partial charge in [-0.25, -0.2) is 28.7 Å². The van der Waals surface area contributed by atoms with Crippen molar-refractivity contribution < 1.29 is 8.78 Å². The lowest BCUT2D eigenvalue weighted by atomic mass is 10.0. The van der Waals surface area contributed by atoms with Crippen LogP contribution in [0, 0.1) is 18.6 Å². The molecule has 7 nitrogen and oxygen atoms in total. The van der Waals surface area contributed by atoms with Crippen molar-refractivity contribution in [3.63, 3.8) is 0 Å². The SMILES string of the molecule is CCC(CC)n1c(C)nc2c(F)cc(-c3nc(Nc4ccc5c(n4)C[C@@H](C)NC5)ncc3F)cc21. The number of hydrogen-bond acceptors (Lipinski definition) is 6. The van der Waals surface area contributed by atoms with E-state index in [4.69, 9.17) is 4.98 Å². The zero-order valence-electron chi connectivity index (χ0n) is 20.4. The summed E-state index contributed by atoms with van der Waals surface area (Å²) in [6.45, 7) is 8.95. The van der Waals surface area contributed by atoms with E-state index in [0.717, 1.165) is 49.1 Å². The van der Waals surface area contributed by atoms with E-state index in [2.05, 4.69) is 46.4 Å². The van der Waals surface area contributed by atoms with E-state index in [1.165, 1.54) is 6.07 Å². The average molecular weight is 478 g/mol. The fourth-order valence-electron chi connectivity index (χ4n) is 4.85. The van der Waals surface area contributed by atoms with E-state index < -0.39 is 11.6 Å². The summed E-state index contributed by atoms with van der Waals surface area (Å²) in [5.41, 5.74) is 3.45. The Morgan fingerprint density at radius 1 is 1.11 bits per heavy atom. The van der Waals surface area contributed by atoms with E-state index in [9.17, 15) is 4.39 Å². The number of aromatic nitrogens is 5. The van der Waals surface area contributed by atoms with Gasteiger partial charge in [0.05, 0.1) is 11.7 Å². The molecule has 1 aliphatic rings. The second-order valence-corrected chi connectivity index (χ2v) is 9.13. The monoisotopic (exact) mass is 477 g/mol. The van der Waals surface area contributed by atoms with Gasteiger partial charge in [-0.1, -0.05) is 19.9 Å². The van der Waals surface area contributed by atoms with Crippen LogP contribution in [0.2, 0.25) is 0 Å². The van der Waals surface area contributed by atoms with Crippen LogP contribution < -0.4 is 10.6 Å². The molecule has 0 aliphatic carbocycles. The molecule has 0 bridgehead atoms. The van der Waals surface area contributed by atoms with Crippen molar-refractivity contribution in [2.24, 2.45) is 0 Å². The van der Waals surface area contributed by atoms with E-state index in [1.54, 1.807) is 6.07 Å². The number of hydrogen-bond donors (Lipinski definition) is 2. The van der Waals surface area contributed by atoms with Gasteiger partial charge in [0.1, 0.15) is 22.9 Å². The molecule has 3 aromatic heterocycles. The lowest BCUT2D eigenvalue weighted by Gasteiger charge is -2.22. The molecule has 2 N–H and O–H groups in total. The van der Waals surface area contributed by atoms with E-state index >= 15 is 4.39 Å². The summed E-state index contributed by atoms with van der Waals surface area (Å²) in [4.78, 5) is 17.6. The molecule has 0 spiro atoms. The number of imidazole rings is 1. The highest BCUT2D eigenvalue weighted by Gasteiger charge is 2.21. The first-order valence-corrected chi connectivity index (χ1v) is 12.1. The molecular formula is C26H29F2N7. The normalized spacial score (nSPS) is 15.6. The smallest absolute Gasteiger partial charge is 0.229 e. The van der Waals surface area contributed by atoms with Crippen molar-refractivity contribution >= 4 is 22.8 Å². The van der Waals surface area contributed by atoms with Crippen molar-refractivity contribution in [2.45, 2.75) is 65.6 Å². The van der Waals surface area contributed by atoms with Crippen molar-refractivity contribution in [1.82, 2.24) is 29.8 Å². The Kier molecular flexibility index (Phi) is 6.19. The third-order valence-corrected chi connectivity index (χ3v) is 6.70. The number of pyridine rings is 1. The van der Waals surface area contributed by atoms with E-state index in [-0.39, 0.29) is 23.2 Å². The van der Waals surface area contributed by atoms with Crippen LogP contribution in [0.15, 0.2) is 30.5 Å². The molecule has 0 saturated carbocycles. The van der Waals surface area contributed by atoms with E-state index in [0.29, 0.717) is 22.9 Å². The number of fused-ring (bicyclic) bond motifs is 2. The number of halogens is 2. The zero-order valence-corrected chi connectivity index (χ0v) is 20.4. The van der Waals surface area contributed by atoms with Gasteiger partial charge in [-0.15, -0.1) is 0 Å². The van der Waals surface area contributed by atoms with Crippen LogP contribution in [-0.4, -0.2) is 30.5 Å². The summed E-state index contributed by atoms with van der Waals surface area (Å²) in [5.74, 6) is 0.383. The topological polar surface area (TPSA) is 80.5 Å². The fraction of sp³-hybridized carbons (Fsp3) is 0.385. The van der Waals surface area contributed by atoms with Crippen molar-refractivity contribution in [3.05, 3.63) is 59.2 Å². The maximum Gasteiger partial charge on any atom is 0.229 e. The summed E-state index contributed by atoms with van der Waals surface area (Å²) < 4.78 is 32.0. The number of rotatable bonds is 6. The molecule has 0 fully saturated rings. The molecule has 1 atom stereocenters. The highest BCUT2D eigenvalue weighted by Crippen LogP contribution is 2.32. The molecule has 5 rings (SSSR count). The molecule has 9 heteroatoms. The highest BCUT2D eigenvalue weighted by atomic mass is 19.1. The van der Waals surface area contributed by atoms with Gasteiger partial charge in [0.2, 0.25) is 5.95 Å². The number of aryl methyl sites for hydroxylation is 1. The Hall–Kier alpha value is -3.46. The molecule has 4 heterocycles. The summed E-state index contributed by atoms with van der Waals surface area (Å²) in [7, 11) is 0. The molecule has 0 amide bonds. The lowest BCUT2D eigenvalue weighted by Crippen LogP contribution is -2.33. The zero-order chi connectivity index (χ0) is 24.7. The minimum atomic E-state index is -0.627. The van der Waals surface area contributed by atoms with Gasteiger partial charge in [0.15, 0.2) is 11.6 Å². The Morgan fingerprint density at radius 2 is 1.91 bits per heavy atom. The van der Waals surface area contributed by atoms with Gasteiger partial charge in [0.25, 0.3) is 0 Å². The van der Waals surface area contributed by atoms with Gasteiger partial charge in [-0.3, -0.25) is 0 Å². The van der Waals surface area contributed by atoms with Gasteiger partial charge in [-0.2, -0.15) is 0 Å². The fourth-order valence-corrected chi connectivity index (χ4v) is 4.85. The molecule has 0 unspecified atom stereocenters.